The minimum Gasteiger partial charge on any atom is -0.258 e. The molecule has 1 atom stereocenters. The van der Waals surface area contributed by atoms with Crippen molar-refractivity contribution in [2.24, 2.45) is 7.05 Å². The molecule has 0 aliphatic rings. The molecule has 7 nitrogen and oxygen atoms in total. The number of hydrogen-bond donors (Lipinski definition) is 0. The third-order valence-corrected chi connectivity index (χ3v) is 5.53. The molecule has 0 saturated carbocycles. The van der Waals surface area contributed by atoms with E-state index < -0.39 is 25.7 Å². The highest BCUT2D eigenvalue weighted by Crippen LogP contribution is 2.31. The summed E-state index contributed by atoms with van der Waals surface area (Å²) in [6, 6.07) is 0. The minimum absolute atomic E-state index is 0.174. The topological polar surface area (TPSA) is 95.1 Å². The lowest BCUT2D eigenvalue weighted by molar-refractivity contribution is -0.388. The largest absolute Gasteiger partial charge is 0.329 e. The number of nitrogens with zero attached hydrogens (tertiary/aromatic N) is 3. The van der Waals surface area contributed by atoms with E-state index in [1.165, 1.54) is 14.0 Å². The number of nitro groups is 1. The molecule has 1 aromatic heterocycles. The maximum Gasteiger partial charge on any atom is 0.329 e. The molecule has 1 unspecified atom stereocenters. The number of rotatable bonds is 7. The molecule has 0 bridgehead atoms. The first kappa shape index (κ1) is 16.9. The van der Waals surface area contributed by atoms with Gasteiger partial charge < -0.3 is 0 Å². The Labute approximate surface area is 123 Å². The third-order valence-electron chi connectivity index (χ3n) is 3.02. The monoisotopic (exact) mass is 323 g/mol. The van der Waals surface area contributed by atoms with Crippen molar-refractivity contribution in [3.63, 3.8) is 0 Å². The van der Waals surface area contributed by atoms with Crippen molar-refractivity contribution < 1.29 is 13.3 Å². The molecule has 0 saturated heterocycles. The second kappa shape index (κ2) is 6.53. The first-order chi connectivity index (χ1) is 9.27. The lowest BCUT2D eigenvalue weighted by Gasteiger charge is -2.10. The van der Waals surface area contributed by atoms with E-state index in [1.54, 1.807) is 0 Å². The normalized spacial score (nSPS) is 13.4. The van der Waals surface area contributed by atoms with Crippen LogP contribution >= 0.6 is 11.6 Å². The Bertz CT molecular complexity index is 597. The fourth-order valence-corrected chi connectivity index (χ4v) is 4.09. The SMILES string of the molecule is CCCc1nn(C)c(S(=O)(=O)C(C)CCCl)c1[N+](=O)[O-]. The Morgan fingerprint density at radius 1 is 1.50 bits per heavy atom. The molecule has 0 aliphatic carbocycles. The fraction of sp³-hybridized carbons (Fsp3) is 0.727. The summed E-state index contributed by atoms with van der Waals surface area (Å²) in [6.07, 6.45) is 1.24. The van der Waals surface area contributed by atoms with Crippen LogP contribution in [0.15, 0.2) is 5.03 Å². The number of aryl methyl sites for hydroxylation is 2. The number of aromatic nitrogens is 2. The predicted molar refractivity (Wildman–Crippen MR) is 75.8 cm³/mol. The van der Waals surface area contributed by atoms with Crippen LogP contribution in [-0.2, 0) is 23.3 Å². The Morgan fingerprint density at radius 2 is 2.10 bits per heavy atom. The molecule has 0 aromatic carbocycles. The first-order valence-corrected chi connectivity index (χ1v) is 8.35. The van der Waals surface area contributed by atoms with Crippen molar-refractivity contribution in [3.8, 4) is 0 Å². The lowest BCUT2D eigenvalue weighted by Crippen LogP contribution is -2.22. The van der Waals surface area contributed by atoms with Crippen molar-refractivity contribution >= 4 is 27.1 Å². The maximum absolute atomic E-state index is 12.5. The van der Waals surface area contributed by atoms with E-state index in [4.69, 9.17) is 11.6 Å². The number of hydrogen-bond acceptors (Lipinski definition) is 5. The second-order valence-electron chi connectivity index (χ2n) is 4.56. The van der Waals surface area contributed by atoms with Crippen LogP contribution in [0.1, 0.15) is 32.4 Å². The van der Waals surface area contributed by atoms with Crippen molar-refractivity contribution in [1.82, 2.24) is 9.78 Å². The number of alkyl halides is 1. The quantitative estimate of drug-likeness (QED) is 0.435. The summed E-state index contributed by atoms with van der Waals surface area (Å²) in [7, 11) is -2.42. The summed E-state index contributed by atoms with van der Waals surface area (Å²) in [5.41, 5.74) is -0.201. The van der Waals surface area contributed by atoms with Gasteiger partial charge in [0.1, 0.15) is 5.69 Å². The molecule has 0 radical (unpaired) electrons. The van der Waals surface area contributed by atoms with E-state index in [0.29, 0.717) is 12.8 Å². The molecule has 0 N–H and O–H groups in total. The van der Waals surface area contributed by atoms with Crippen LogP contribution in [-0.4, -0.2) is 34.3 Å². The van der Waals surface area contributed by atoms with Crippen LogP contribution in [0.4, 0.5) is 5.69 Å². The number of halogens is 1. The van der Waals surface area contributed by atoms with E-state index in [1.807, 2.05) is 6.92 Å². The number of sulfone groups is 1. The zero-order valence-electron chi connectivity index (χ0n) is 11.7. The van der Waals surface area contributed by atoms with Gasteiger partial charge in [-0.1, -0.05) is 13.3 Å². The van der Waals surface area contributed by atoms with Crippen LogP contribution < -0.4 is 0 Å². The van der Waals surface area contributed by atoms with Crippen LogP contribution in [0, 0.1) is 10.1 Å². The molecule has 114 valence electrons. The van der Waals surface area contributed by atoms with Crippen molar-refractivity contribution in [2.45, 2.75) is 43.4 Å². The summed E-state index contributed by atoms with van der Waals surface area (Å²) in [5, 5.41) is 14.1. The van der Waals surface area contributed by atoms with Gasteiger partial charge >= 0.3 is 5.69 Å². The van der Waals surface area contributed by atoms with Gasteiger partial charge in [-0.3, -0.25) is 14.8 Å². The molecular formula is C11H18ClN3O4S. The standard InChI is InChI=1S/C11H18ClN3O4S/c1-4-5-9-10(15(16)17)11(14(3)13-9)20(18,19)8(2)6-7-12/h8H,4-7H2,1-3H3. The zero-order valence-corrected chi connectivity index (χ0v) is 13.2. The highest BCUT2D eigenvalue weighted by Gasteiger charge is 2.37. The van der Waals surface area contributed by atoms with Gasteiger partial charge in [0.25, 0.3) is 0 Å². The van der Waals surface area contributed by atoms with E-state index in [0.717, 1.165) is 4.68 Å². The van der Waals surface area contributed by atoms with Gasteiger partial charge in [0, 0.05) is 12.9 Å². The van der Waals surface area contributed by atoms with E-state index in [2.05, 4.69) is 5.10 Å². The molecule has 20 heavy (non-hydrogen) atoms. The van der Waals surface area contributed by atoms with Gasteiger partial charge in [-0.2, -0.15) is 5.10 Å². The van der Waals surface area contributed by atoms with Crippen LogP contribution in [0.3, 0.4) is 0 Å². The molecule has 0 aliphatic heterocycles. The summed E-state index contributed by atoms with van der Waals surface area (Å²) in [5.74, 6) is 0.174. The van der Waals surface area contributed by atoms with E-state index >= 15 is 0 Å². The maximum atomic E-state index is 12.5. The highest BCUT2D eigenvalue weighted by molar-refractivity contribution is 7.92. The van der Waals surface area contributed by atoms with Gasteiger partial charge in [-0.25, -0.2) is 8.42 Å². The van der Waals surface area contributed by atoms with E-state index in [-0.39, 0.29) is 23.0 Å². The highest BCUT2D eigenvalue weighted by atomic mass is 35.5. The Hall–Kier alpha value is -1.15. The Morgan fingerprint density at radius 3 is 2.55 bits per heavy atom. The van der Waals surface area contributed by atoms with Gasteiger partial charge in [-0.15, -0.1) is 11.6 Å². The average Bonchev–Trinajstić information content (AvgIpc) is 2.67. The molecule has 1 aromatic rings. The minimum atomic E-state index is -3.83. The predicted octanol–water partition coefficient (Wildman–Crippen LogP) is 2.07. The lowest BCUT2D eigenvalue weighted by atomic mass is 10.2. The van der Waals surface area contributed by atoms with Crippen molar-refractivity contribution in [2.75, 3.05) is 5.88 Å². The zero-order chi connectivity index (χ0) is 15.5. The molecule has 1 heterocycles. The molecule has 0 spiro atoms. The molecule has 0 fully saturated rings. The molecule has 1 rings (SSSR count). The smallest absolute Gasteiger partial charge is 0.258 e. The summed E-state index contributed by atoms with van der Waals surface area (Å²) < 4.78 is 26.0. The van der Waals surface area contributed by atoms with Gasteiger partial charge in [0.05, 0.1) is 10.2 Å². The van der Waals surface area contributed by atoms with Gasteiger partial charge in [0.2, 0.25) is 14.9 Å². The summed E-state index contributed by atoms with van der Waals surface area (Å²) in [6.45, 7) is 3.34. The second-order valence-corrected chi connectivity index (χ2v) is 7.22. The van der Waals surface area contributed by atoms with Crippen LogP contribution in [0.5, 0.6) is 0 Å². The molecular weight excluding hydrogens is 306 g/mol. The van der Waals surface area contributed by atoms with Crippen LogP contribution in [0.25, 0.3) is 0 Å². The van der Waals surface area contributed by atoms with Crippen LogP contribution in [0.2, 0.25) is 0 Å². The first-order valence-electron chi connectivity index (χ1n) is 6.27. The van der Waals surface area contributed by atoms with Crippen molar-refractivity contribution in [3.05, 3.63) is 15.8 Å². The summed E-state index contributed by atoms with van der Waals surface area (Å²) in [4.78, 5) is 10.6. The molecule has 0 amide bonds. The average molecular weight is 324 g/mol. The molecule has 9 heteroatoms. The third kappa shape index (κ3) is 3.12. The Balaban J connectivity index is 3.48. The fourth-order valence-electron chi connectivity index (χ4n) is 1.96. The summed E-state index contributed by atoms with van der Waals surface area (Å²) >= 11 is 5.57. The Kier molecular flexibility index (Phi) is 5.52. The van der Waals surface area contributed by atoms with Gasteiger partial charge in [-0.05, 0) is 19.8 Å². The van der Waals surface area contributed by atoms with Gasteiger partial charge in [0.15, 0.2) is 0 Å². The van der Waals surface area contributed by atoms with E-state index in [9.17, 15) is 18.5 Å². The van der Waals surface area contributed by atoms with Crippen molar-refractivity contribution in [1.29, 1.82) is 0 Å².